The first kappa shape index (κ1) is 15.3. The molecule has 1 aliphatic rings. The molecule has 1 saturated carbocycles. The predicted molar refractivity (Wildman–Crippen MR) is 76.1 cm³/mol. The molecule has 6 nitrogen and oxygen atoms in total. The molecule has 1 heterocycles. The van der Waals surface area contributed by atoms with E-state index in [9.17, 15) is 19.8 Å². The number of amides is 1. The van der Waals surface area contributed by atoms with Crippen molar-refractivity contribution in [2.45, 2.75) is 44.1 Å². The van der Waals surface area contributed by atoms with Gasteiger partial charge < -0.3 is 15.1 Å². The van der Waals surface area contributed by atoms with Crippen molar-refractivity contribution >= 4 is 11.9 Å². The van der Waals surface area contributed by atoms with Crippen molar-refractivity contribution in [3.05, 3.63) is 24.0 Å². The number of carbonyl (C=O) groups excluding carboxylic acids is 1. The topological polar surface area (TPSA) is 90.7 Å². The zero-order valence-corrected chi connectivity index (χ0v) is 12.1. The molecule has 0 spiro atoms. The van der Waals surface area contributed by atoms with E-state index in [0.29, 0.717) is 12.8 Å². The lowest BCUT2D eigenvalue weighted by Gasteiger charge is -2.43. The molecule has 0 atom stereocenters. The smallest absolute Gasteiger partial charge is 0.305 e. The van der Waals surface area contributed by atoms with Gasteiger partial charge in [0.05, 0.1) is 23.7 Å². The van der Waals surface area contributed by atoms with Crippen LogP contribution in [0, 0.1) is 0 Å². The van der Waals surface area contributed by atoms with Crippen LogP contribution in [-0.2, 0) is 4.79 Å². The molecule has 21 heavy (non-hydrogen) atoms. The highest BCUT2D eigenvalue weighted by molar-refractivity contribution is 5.95. The van der Waals surface area contributed by atoms with E-state index in [1.54, 1.807) is 7.05 Å². The Morgan fingerprint density at radius 2 is 1.95 bits per heavy atom. The largest absolute Gasteiger partial charge is 0.506 e. The summed E-state index contributed by atoms with van der Waals surface area (Å²) in [6.45, 7) is 0. The number of carboxylic acids is 1. The highest BCUT2D eigenvalue weighted by atomic mass is 16.4. The molecular formula is C15H20N2O4. The second-order valence-corrected chi connectivity index (χ2v) is 5.65. The average Bonchev–Trinajstić information content (AvgIpc) is 2.46. The Hall–Kier alpha value is -2.11. The minimum absolute atomic E-state index is 0.0541. The Labute approximate surface area is 123 Å². The number of carboxylic acid groups (broad SMARTS) is 1. The van der Waals surface area contributed by atoms with Gasteiger partial charge in [0.15, 0.2) is 0 Å². The van der Waals surface area contributed by atoms with Crippen LogP contribution in [-0.4, -0.2) is 44.6 Å². The molecule has 6 heteroatoms. The molecule has 1 aromatic heterocycles. The monoisotopic (exact) mass is 292 g/mol. The molecule has 0 aromatic carbocycles. The van der Waals surface area contributed by atoms with Crippen LogP contribution in [0.15, 0.2) is 18.5 Å². The van der Waals surface area contributed by atoms with Crippen LogP contribution in [0.1, 0.15) is 48.9 Å². The number of pyridine rings is 1. The van der Waals surface area contributed by atoms with Gasteiger partial charge >= 0.3 is 5.97 Å². The zero-order chi connectivity index (χ0) is 15.5. The summed E-state index contributed by atoms with van der Waals surface area (Å²) >= 11 is 0. The van der Waals surface area contributed by atoms with Gasteiger partial charge in [-0.25, -0.2) is 0 Å². The molecule has 0 saturated heterocycles. The molecule has 0 unspecified atom stereocenters. The van der Waals surface area contributed by atoms with Gasteiger partial charge in [-0.2, -0.15) is 0 Å². The van der Waals surface area contributed by atoms with Crippen molar-refractivity contribution in [2.24, 2.45) is 0 Å². The minimum atomic E-state index is -0.898. The third-order valence-electron chi connectivity index (χ3n) is 4.25. The summed E-state index contributed by atoms with van der Waals surface area (Å²) in [5, 5.41) is 18.6. The maximum Gasteiger partial charge on any atom is 0.305 e. The van der Waals surface area contributed by atoms with E-state index in [1.807, 2.05) is 0 Å². The molecule has 1 amide bonds. The minimum Gasteiger partial charge on any atom is -0.506 e. The standard InChI is InChI=1S/C15H20N2O4/c1-17(14(21)11-7-12(18)10-16-9-11)15(8-13(19)20)5-3-2-4-6-15/h7,9-10,18H,2-6,8H2,1H3,(H,19,20). The number of hydrogen-bond acceptors (Lipinski definition) is 4. The quantitative estimate of drug-likeness (QED) is 0.886. The summed E-state index contributed by atoms with van der Waals surface area (Å²) < 4.78 is 0. The average molecular weight is 292 g/mol. The third-order valence-corrected chi connectivity index (χ3v) is 4.25. The summed E-state index contributed by atoms with van der Waals surface area (Å²) in [5.74, 6) is -1.28. The fraction of sp³-hybridized carbons (Fsp3) is 0.533. The van der Waals surface area contributed by atoms with Crippen LogP contribution in [0.2, 0.25) is 0 Å². The van der Waals surface area contributed by atoms with E-state index in [-0.39, 0.29) is 23.6 Å². The van der Waals surface area contributed by atoms with Crippen LogP contribution >= 0.6 is 0 Å². The van der Waals surface area contributed by atoms with Crippen LogP contribution in [0.4, 0.5) is 0 Å². The van der Waals surface area contributed by atoms with Gasteiger partial charge in [-0.15, -0.1) is 0 Å². The molecule has 0 bridgehead atoms. The Bertz CT molecular complexity index is 538. The van der Waals surface area contributed by atoms with Crippen LogP contribution in [0.3, 0.4) is 0 Å². The van der Waals surface area contributed by atoms with Gasteiger partial charge in [-0.1, -0.05) is 19.3 Å². The molecule has 2 rings (SSSR count). The van der Waals surface area contributed by atoms with Crippen molar-refractivity contribution in [1.82, 2.24) is 9.88 Å². The number of hydrogen-bond donors (Lipinski definition) is 2. The van der Waals surface area contributed by atoms with E-state index >= 15 is 0 Å². The number of aliphatic carboxylic acids is 1. The Balaban J connectivity index is 2.27. The highest BCUT2D eigenvalue weighted by Crippen LogP contribution is 2.36. The van der Waals surface area contributed by atoms with Crippen LogP contribution in [0.25, 0.3) is 0 Å². The molecular weight excluding hydrogens is 272 g/mol. The zero-order valence-electron chi connectivity index (χ0n) is 12.1. The SMILES string of the molecule is CN(C(=O)c1cncc(O)c1)C1(CC(=O)O)CCCCC1. The lowest BCUT2D eigenvalue weighted by molar-refractivity contribution is -0.140. The number of aromatic nitrogens is 1. The van der Waals surface area contributed by atoms with Crippen LogP contribution in [0.5, 0.6) is 5.75 Å². The van der Waals surface area contributed by atoms with Crippen molar-refractivity contribution in [3.8, 4) is 5.75 Å². The molecule has 1 aliphatic carbocycles. The Kier molecular flexibility index (Phi) is 4.45. The van der Waals surface area contributed by atoms with Crippen molar-refractivity contribution < 1.29 is 19.8 Å². The van der Waals surface area contributed by atoms with Gasteiger partial charge in [0.2, 0.25) is 0 Å². The fourth-order valence-electron chi connectivity index (χ4n) is 3.08. The van der Waals surface area contributed by atoms with Crippen molar-refractivity contribution in [1.29, 1.82) is 0 Å². The third kappa shape index (κ3) is 3.32. The van der Waals surface area contributed by atoms with Gasteiger partial charge in [-0.3, -0.25) is 14.6 Å². The number of aromatic hydroxyl groups is 1. The van der Waals surface area contributed by atoms with E-state index < -0.39 is 11.5 Å². The van der Waals surface area contributed by atoms with E-state index in [4.69, 9.17) is 0 Å². The van der Waals surface area contributed by atoms with E-state index in [0.717, 1.165) is 19.3 Å². The Morgan fingerprint density at radius 1 is 1.29 bits per heavy atom. The summed E-state index contributed by atoms with van der Waals surface area (Å²) in [7, 11) is 1.64. The maximum absolute atomic E-state index is 12.6. The number of carbonyl (C=O) groups is 2. The molecule has 0 aliphatic heterocycles. The van der Waals surface area contributed by atoms with Gasteiger partial charge in [0.1, 0.15) is 5.75 Å². The second-order valence-electron chi connectivity index (χ2n) is 5.65. The van der Waals surface area contributed by atoms with Crippen LogP contribution < -0.4 is 0 Å². The second kappa shape index (κ2) is 6.11. The molecule has 1 fully saturated rings. The summed E-state index contributed by atoms with van der Waals surface area (Å²) in [5.41, 5.74) is -0.375. The summed E-state index contributed by atoms with van der Waals surface area (Å²) in [6.07, 6.45) is 6.87. The summed E-state index contributed by atoms with van der Waals surface area (Å²) in [6, 6.07) is 1.35. The molecule has 1 aromatic rings. The van der Waals surface area contributed by atoms with Gasteiger partial charge in [0, 0.05) is 13.2 Å². The highest BCUT2D eigenvalue weighted by Gasteiger charge is 2.40. The predicted octanol–water partition coefficient (Wildman–Crippen LogP) is 2.04. The Morgan fingerprint density at radius 3 is 2.52 bits per heavy atom. The molecule has 0 radical (unpaired) electrons. The first-order valence-electron chi connectivity index (χ1n) is 7.09. The maximum atomic E-state index is 12.6. The first-order chi connectivity index (χ1) is 9.94. The lowest BCUT2D eigenvalue weighted by atomic mass is 9.78. The molecule has 114 valence electrons. The lowest BCUT2D eigenvalue weighted by Crippen LogP contribution is -2.52. The van der Waals surface area contributed by atoms with Gasteiger partial charge in [-0.05, 0) is 18.9 Å². The fourth-order valence-corrected chi connectivity index (χ4v) is 3.08. The van der Waals surface area contributed by atoms with Crippen molar-refractivity contribution in [3.63, 3.8) is 0 Å². The van der Waals surface area contributed by atoms with Crippen molar-refractivity contribution in [2.75, 3.05) is 7.05 Å². The normalized spacial score (nSPS) is 17.2. The molecule has 2 N–H and O–H groups in total. The van der Waals surface area contributed by atoms with E-state index in [1.165, 1.54) is 23.4 Å². The number of rotatable bonds is 4. The first-order valence-corrected chi connectivity index (χ1v) is 7.09. The van der Waals surface area contributed by atoms with E-state index in [2.05, 4.69) is 4.98 Å². The number of nitrogens with zero attached hydrogens (tertiary/aromatic N) is 2. The van der Waals surface area contributed by atoms with Gasteiger partial charge in [0.25, 0.3) is 5.91 Å². The summed E-state index contributed by atoms with van der Waals surface area (Å²) in [4.78, 5) is 29.1.